The van der Waals surface area contributed by atoms with E-state index < -0.39 is 5.97 Å². The lowest BCUT2D eigenvalue weighted by molar-refractivity contribution is -0.118. The smallest absolute Gasteiger partial charge is 0.345 e. The summed E-state index contributed by atoms with van der Waals surface area (Å²) >= 11 is 7.29. The van der Waals surface area contributed by atoms with Gasteiger partial charge in [-0.25, -0.2) is 10.2 Å². The van der Waals surface area contributed by atoms with Crippen molar-refractivity contribution in [2.24, 2.45) is 5.10 Å². The molecule has 0 unspecified atom stereocenters. The van der Waals surface area contributed by atoms with E-state index in [4.69, 9.17) is 16.3 Å². The molecule has 8 nitrogen and oxygen atoms in total. The summed E-state index contributed by atoms with van der Waals surface area (Å²) in [4.78, 5) is 24.5. The van der Waals surface area contributed by atoms with Crippen LogP contribution in [0.4, 0.5) is 0 Å². The van der Waals surface area contributed by atoms with Gasteiger partial charge in [-0.15, -0.1) is 10.2 Å². The average molecular weight is 506 g/mol. The number of esters is 1. The molecule has 176 valence electrons. The van der Waals surface area contributed by atoms with E-state index in [1.165, 1.54) is 18.0 Å². The van der Waals surface area contributed by atoms with E-state index >= 15 is 0 Å². The molecule has 35 heavy (non-hydrogen) atoms. The minimum atomic E-state index is -0.542. The van der Waals surface area contributed by atoms with E-state index in [-0.39, 0.29) is 17.2 Å². The molecule has 4 rings (SSSR count). The molecule has 0 saturated heterocycles. The monoisotopic (exact) mass is 505 g/mol. The van der Waals surface area contributed by atoms with Crippen LogP contribution in [0.25, 0.3) is 5.69 Å². The molecule has 0 atom stereocenters. The quantitative estimate of drug-likeness (QED) is 0.123. The molecule has 0 bridgehead atoms. The fraction of sp³-hybridized carbons (Fsp3) is 0.0800. The first kappa shape index (κ1) is 24.2. The van der Waals surface area contributed by atoms with Gasteiger partial charge < -0.3 is 4.74 Å². The van der Waals surface area contributed by atoms with Gasteiger partial charge in [0.1, 0.15) is 11.6 Å². The number of nitrogens with one attached hydrogen (secondary N) is 1. The molecule has 0 spiro atoms. The first-order valence-electron chi connectivity index (χ1n) is 10.5. The number of hydrazone groups is 1. The lowest BCUT2D eigenvalue weighted by atomic mass is 10.2. The summed E-state index contributed by atoms with van der Waals surface area (Å²) in [6.45, 7) is 1.86. The van der Waals surface area contributed by atoms with Gasteiger partial charge in [-0.1, -0.05) is 53.7 Å². The van der Waals surface area contributed by atoms with E-state index in [0.717, 1.165) is 17.1 Å². The van der Waals surface area contributed by atoms with E-state index in [9.17, 15) is 9.59 Å². The normalized spacial score (nSPS) is 10.9. The van der Waals surface area contributed by atoms with Crippen LogP contribution in [0.5, 0.6) is 5.75 Å². The van der Waals surface area contributed by atoms with Crippen LogP contribution in [0.1, 0.15) is 21.7 Å². The summed E-state index contributed by atoms with van der Waals surface area (Å²) in [7, 11) is 0. The minimum Gasteiger partial charge on any atom is -0.423 e. The second-order valence-electron chi connectivity index (χ2n) is 7.22. The zero-order chi connectivity index (χ0) is 24.6. The van der Waals surface area contributed by atoms with Crippen molar-refractivity contribution in [3.63, 3.8) is 0 Å². The Hall–Kier alpha value is -3.95. The van der Waals surface area contributed by atoms with Crippen LogP contribution in [-0.4, -0.2) is 38.6 Å². The maximum absolute atomic E-state index is 12.2. The fourth-order valence-electron chi connectivity index (χ4n) is 3.06. The third kappa shape index (κ3) is 6.34. The molecule has 0 aliphatic heterocycles. The van der Waals surface area contributed by atoms with Gasteiger partial charge in [-0.05, 0) is 61.0 Å². The molecule has 0 aliphatic rings. The predicted octanol–water partition coefficient (Wildman–Crippen LogP) is 4.69. The topological polar surface area (TPSA) is 98.5 Å². The van der Waals surface area contributed by atoms with Crippen LogP contribution >= 0.6 is 23.4 Å². The number of thioether (sulfide) groups is 1. The van der Waals surface area contributed by atoms with E-state index in [2.05, 4.69) is 20.7 Å². The summed E-state index contributed by atoms with van der Waals surface area (Å²) in [5.74, 6) is 0.402. The molecular weight excluding hydrogens is 486 g/mol. The van der Waals surface area contributed by atoms with Crippen LogP contribution in [0, 0.1) is 6.92 Å². The summed E-state index contributed by atoms with van der Waals surface area (Å²) < 4.78 is 7.23. The third-order valence-corrected chi connectivity index (χ3v) is 5.99. The highest BCUT2D eigenvalue weighted by molar-refractivity contribution is 7.99. The third-order valence-electron chi connectivity index (χ3n) is 4.73. The number of hydrogen-bond donors (Lipinski definition) is 1. The van der Waals surface area contributed by atoms with Gasteiger partial charge in [-0.3, -0.25) is 9.36 Å². The zero-order valence-electron chi connectivity index (χ0n) is 18.6. The second kappa shape index (κ2) is 11.5. The number of para-hydroxylation sites is 1. The summed E-state index contributed by atoms with van der Waals surface area (Å²) in [5, 5.41) is 13.2. The van der Waals surface area contributed by atoms with Crippen LogP contribution in [0.3, 0.4) is 0 Å². The highest BCUT2D eigenvalue weighted by atomic mass is 35.5. The number of benzene rings is 3. The van der Waals surface area contributed by atoms with Gasteiger partial charge >= 0.3 is 5.97 Å². The van der Waals surface area contributed by atoms with Crippen molar-refractivity contribution >= 4 is 41.5 Å². The Morgan fingerprint density at radius 3 is 2.49 bits per heavy atom. The molecule has 1 aromatic heterocycles. The minimum absolute atomic E-state index is 0.124. The average Bonchev–Trinajstić information content (AvgIpc) is 3.24. The zero-order valence-corrected chi connectivity index (χ0v) is 20.2. The van der Waals surface area contributed by atoms with Crippen molar-refractivity contribution in [1.29, 1.82) is 0 Å². The number of halogens is 1. The van der Waals surface area contributed by atoms with E-state index in [1.54, 1.807) is 48.5 Å². The van der Waals surface area contributed by atoms with Crippen LogP contribution < -0.4 is 10.2 Å². The first-order chi connectivity index (χ1) is 17.0. The Morgan fingerprint density at radius 1 is 1.03 bits per heavy atom. The summed E-state index contributed by atoms with van der Waals surface area (Å²) in [5.41, 5.74) is 4.43. The number of aryl methyl sites for hydroxylation is 1. The van der Waals surface area contributed by atoms with Crippen LogP contribution in [0.15, 0.2) is 89.1 Å². The van der Waals surface area contributed by atoms with Crippen LogP contribution in [0.2, 0.25) is 5.02 Å². The lowest BCUT2D eigenvalue weighted by Gasteiger charge is -2.07. The van der Waals surface area contributed by atoms with E-state index in [0.29, 0.717) is 15.9 Å². The largest absolute Gasteiger partial charge is 0.423 e. The summed E-state index contributed by atoms with van der Waals surface area (Å²) in [6, 6.07) is 23.1. The molecule has 4 aromatic rings. The number of nitrogens with zero attached hydrogens (tertiary/aromatic N) is 4. The van der Waals surface area contributed by atoms with Gasteiger partial charge in [0.05, 0.1) is 22.6 Å². The SMILES string of the molecule is Cc1nnc(SCC(=O)NN=Cc2ccc(OC(=O)c3ccccc3Cl)cc2)n1-c1ccccc1. The molecule has 10 heteroatoms. The molecular formula is C25H20ClN5O3S. The maximum Gasteiger partial charge on any atom is 0.345 e. The number of carbonyl (C=O) groups excluding carboxylic acids is 2. The molecule has 0 radical (unpaired) electrons. The van der Waals surface area contributed by atoms with E-state index in [1.807, 2.05) is 41.8 Å². The molecule has 0 saturated carbocycles. The van der Waals surface area contributed by atoms with Crippen molar-refractivity contribution < 1.29 is 14.3 Å². The fourth-order valence-corrected chi connectivity index (χ4v) is 4.07. The van der Waals surface area contributed by atoms with Gasteiger partial charge in [0.15, 0.2) is 5.16 Å². The number of hydrogen-bond acceptors (Lipinski definition) is 7. The van der Waals surface area contributed by atoms with Crippen molar-refractivity contribution in [2.75, 3.05) is 5.75 Å². The lowest BCUT2D eigenvalue weighted by Crippen LogP contribution is -2.20. The van der Waals surface area contributed by atoms with Gasteiger partial charge in [0.25, 0.3) is 5.91 Å². The molecule has 3 aromatic carbocycles. The Bertz CT molecular complexity index is 1360. The number of aromatic nitrogens is 3. The van der Waals surface area contributed by atoms with Crippen molar-refractivity contribution in [2.45, 2.75) is 12.1 Å². The van der Waals surface area contributed by atoms with Crippen LogP contribution in [-0.2, 0) is 4.79 Å². The Labute approximate surface area is 211 Å². The van der Waals surface area contributed by atoms with Crippen molar-refractivity contribution in [3.05, 3.63) is 101 Å². The Kier molecular flexibility index (Phi) is 7.92. The number of ether oxygens (including phenoxy) is 1. The Morgan fingerprint density at radius 2 is 1.74 bits per heavy atom. The molecule has 1 N–H and O–H groups in total. The molecule has 1 amide bonds. The summed E-state index contributed by atoms with van der Waals surface area (Å²) in [6.07, 6.45) is 1.50. The van der Waals surface area contributed by atoms with Crippen molar-refractivity contribution in [3.8, 4) is 11.4 Å². The predicted molar refractivity (Wildman–Crippen MR) is 135 cm³/mol. The standard InChI is InChI=1S/C25H20ClN5O3S/c1-17-28-30-25(31(17)19-7-3-2-4-8-19)35-16-23(32)29-27-15-18-11-13-20(14-12-18)34-24(33)21-9-5-6-10-22(21)26/h2-15H,16H2,1H3,(H,29,32). The highest BCUT2D eigenvalue weighted by Crippen LogP contribution is 2.21. The van der Waals surface area contributed by atoms with Gasteiger partial charge in [0, 0.05) is 5.69 Å². The van der Waals surface area contributed by atoms with Crippen molar-refractivity contribution in [1.82, 2.24) is 20.2 Å². The second-order valence-corrected chi connectivity index (χ2v) is 8.57. The van der Waals surface area contributed by atoms with Gasteiger partial charge in [0.2, 0.25) is 0 Å². The van der Waals surface area contributed by atoms with Gasteiger partial charge in [-0.2, -0.15) is 5.10 Å². The molecule has 0 aliphatic carbocycles. The number of carbonyl (C=O) groups is 2. The highest BCUT2D eigenvalue weighted by Gasteiger charge is 2.13. The molecule has 1 heterocycles. The number of amides is 1. The maximum atomic E-state index is 12.2. The number of rotatable bonds is 8. The Balaban J connectivity index is 1.28. The first-order valence-corrected chi connectivity index (χ1v) is 11.9. The molecule has 0 fully saturated rings.